The van der Waals surface area contributed by atoms with Crippen LogP contribution in [0.15, 0.2) is 24.3 Å². The molecule has 1 fully saturated rings. The Balaban J connectivity index is 0.000000359. The van der Waals surface area contributed by atoms with Gasteiger partial charge in [0.05, 0.1) is 0 Å². The molecule has 0 aliphatic carbocycles. The van der Waals surface area contributed by atoms with Crippen LogP contribution in [0, 0.1) is 94.1 Å². The second-order valence-electron chi connectivity index (χ2n) is 15.6. The van der Waals surface area contributed by atoms with Gasteiger partial charge in [0.15, 0.2) is 21.9 Å². The zero-order valence-electron chi connectivity index (χ0n) is 29.7. The number of nitrogens with zero attached hydrogens (tertiary/aromatic N) is 2. The molecule has 0 radical (unpaired) electrons. The van der Waals surface area contributed by atoms with E-state index in [9.17, 15) is 13.2 Å². The minimum absolute atomic E-state index is 0. The summed E-state index contributed by atoms with van der Waals surface area (Å²) in [6, 6.07) is 9.20. The molecule has 45 heavy (non-hydrogen) atoms. The predicted octanol–water partition coefficient (Wildman–Crippen LogP) is 9.21. The molecule has 252 valence electrons. The molecule has 0 atom stereocenters. The zero-order valence-corrected chi connectivity index (χ0v) is 33.6. The smallest absolute Gasteiger partial charge is 0.485 e. The van der Waals surface area contributed by atoms with Crippen LogP contribution < -0.4 is 4.90 Å². The molecule has 1 saturated heterocycles. The molecule has 2 aromatic rings. The zero-order chi connectivity index (χ0) is 34.4. The van der Waals surface area contributed by atoms with Crippen LogP contribution in [0.1, 0.15) is 102 Å². The second-order valence-corrected chi connectivity index (χ2v) is 17.0. The van der Waals surface area contributed by atoms with Crippen molar-refractivity contribution in [3.05, 3.63) is 57.6 Å². The van der Waals surface area contributed by atoms with Gasteiger partial charge in [0.1, 0.15) is 0 Å². The SMILES string of the molecule is Cc1cc(C)c(N2CC(C)(C)CC2(C)C)c(C)c1.Cc1cc(C)c([N+]2=CC(C)(C)CC2(C)C)c(C)c1.O=S(=O)([O-])C(F)(F)F.[Ce]. The molecule has 2 heterocycles. The first kappa shape index (κ1) is 42.0. The van der Waals surface area contributed by atoms with Crippen LogP contribution >= 0.6 is 0 Å². The van der Waals surface area contributed by atoms with Crippen LogP contribution in [0.25, 0.3) is 0 Å². The maximum atomic E-state index is 10.7. The first-order chi connectivity index (χ1) is 19.5. The average Bonchev–Trinajstić information content (AvgIpc) is 3.10. The summed E-state index contributed by atoms with van der Waals surface area (Å²) in [7, 11) is -6.09. The summed E-state index contributed by atoms with van der Waals surface area (Å²) in [5.74, 6) is 0. The van der Waals surface area contributed by atoms with Gasteiger partial charge < -0.3 is 9.45 Å². The van der Waals surface area contributed by atoms with E-state index in [1.807, 2.05) is 0 Å². The molecular weight excluding hydrogens is 726 g/mol. The Bertz CT molecular complexity index is 1480. The monoisotopic (exact) mass is 778 g/mol. The standard InChI is InChI=1S/C17H27N.C17H26N.CHF3O3S.Ce/c2*1-12-8-13(2)15(14(3)9-12)18-11-16(4,5)10-17(18,6)7;2-1(3,4)8(5,6)7;/h8-9H,10-11H2,1-7H3;8-9,11H,10H2,1-7H3;(H,5,6,7);/q;+1;;/p-1. The molecule has 0 spiro atoms. The van der Waals surface area contributed by atoms with Gasteiger partial charge in [-0.25, -0.2) is 8.42 Å². The topological polar surface area (TPSA) is 63.5 Å². The summed E-state index contributed by atoms with van der Waals surface area (Å²) in [5, 5.41) is 0. The van der Waals surface area contributed by atoms with Gasteiger partial charge in [-0.1, -0.05) is 51.0 Å². The molecule has 0 bridgehead atoms. The van der Waals surface area contributed by atoms with E-state index in [1.54, 1.807) is 0 Å². The van der Waals surface area contributed by atoms with Crippen molar-refractivity contribution < 1.29 is 72.5 Å². The van der Waals surface area contributed by atoms with Crippen molar-refractivity contribution in [2.75, 3.05) is 11.4 Å². The summed E-state index contributed by atoms with van der Waals surface area (Å²) in [6.07, 6.45) is 4.87. The summed E-state index contributed by atoms with van der Waals surface area (Å²) in [4.78, 5) is 2.62. The van der Waals surface area contributed by atoms with Gasteiger partial charge in [0.2, 0.25) is 5.69 Å². The summed E-state index contributed by atoms with van der Waals surface area (Å²) < 4.78 is 61.4. The Morgan fingerprint density at radius 2 is 1.13 bits per heavy atom. The van der Waals surface area contributed by atoms with Crippen molar-refractivity contribution in [1.82, 2.24) is 0 Å². The van der Waals surface area contributed by atoms with Crippen molar-refractivity contribution in [2.24, 2.45) is 10.8 Å². The third-order valence-electron chi connectivity index (χ3n) is 8.31. The fraction of sp³-hybridized carbons (Fsp3) is 0.629. The normalized spacial score (nSPS) is 19.4. The largest absolute Gasteiger partial charge is 0.741 e. The van der Waals surface area contributed by atoms with Crippen LogP contribution in [0.2, 0.25) is 0 Å². The van der Waals surface area contributed by atoms with Gasteiger partial charge in [-0.05, 0) is 90.5 Å². The van der Waals surface area contributed by atoms with Gasteiger partial charge in [0.25, 0.3) is 0 Å². The van der Waals surface area contributed by atoms with Crippen LogP contribution in [0.3, 0.4) is 0 Å². The quantitative estimate of drug-likeness (QED) is 0.173. The van der Waals surface area contributed by atoms with Crippen LogP contribution in [-0.2, 0) is 10.1 Å². The Labute approximate surface area is 304 Å². The molecule has 2 aliphatic rings. The number of hydrogen-bond acceptors (Lipinski definition) is 4. The van der Waals surface area contributed by atoms with Crippen molar-refractivity contribution in [3.63, 3.8) is 0 Å². The Kier molecular flexibility index (Phi) is 13.3. The number of aryl methyl sites for hydroxylation is 6. The fourth-order valence-electron chi connectivity index (χ4n) is 7.63. The third-order valence-corrected chi connectivity index (χ3v) is 8.88. The number of benzene rings is 2. The molecule has 0 N–H and O–H groups in total. The van der Waals surface area contributed by atoms with E-state index < -0.39 is 15.6 Å². The van der Waals surface area contributed by atoms with Gasteiger partial charge in [0, 0.05) is 96.3 Å². The van der Waals surface area contributed by atoms with E-state index in [2.05, 4.69) is 137 Å². The molecule has 0 saturated carbocycles. The Hall–Kier alpha value is -1.01. The van der Waals surface area contributed by atoms with E-state index in [1.165, 1.54) is 57.6 Å². The van der Waals surface area contributed by atoms with Crippen LogP contribution in [-0.4, -0.2) is 46.9 Å². The van der Waals surface area contributed by atoms with Crippen molar-refractivity contribution in [1.29, 1.82) is 0 Å². The van der Waals surface area contributed by atoms with E-state index in [0.717, 1.165) is 6.54 Å². The van der Waals surface area contributed by atoms with Crippen LogP contribution in [0.5, 0.6) is 0 Å². The second kappa shape index (κ2) is 14.2. The molecule has 0 aromatic heterocycles. The summed E-state index contributed by atoms with van der Waals surface area (Å²) in [6.45, 7) is 33.3. The fourth-order valence-corrected chi connectivity index (χ4v) is 7.63. The van der Waals surface area contributed by atoms with Crippen molar-refractivity contribution >= 4 is 27.7 Å². The van der Waals surface area contributed by atoms with Crippen LogP contribution in [0.4, 0.5) is 24.5 Å². The number of rotatable bonds is 2. The molecular formula is C35H53CeF3N2O3S. The first-order valence-corrected chi connectivity index (χ1v) is 16.5. The van der Waals surface area contributed by atoms with Gasteiger partial charge in [-0.2, -0.15) is 17.7 Å². The summed E-state index contributed by atoms with van der Waals surface area (Å²) in [5.41, 5.74) is 6.68. The third kappa shape index (κ3) is 10.7. The number of anilines is 1. The maximum Gasteiger partial charge on any atom is 0.485 e. The van der Waals surface area contributed by atoms with E-state index in [-0.39, 0.29) is 58.2 Å². The molecule has 4 rings (SSSR count). The molecule has 10 heteroatoms. The summed E-state index contributed by atoms with van der Waals surface area (Å²) >= 11 is 0. The van der Waals surface area contributed by atoms with Gasteiger partial charge >= 0.3 is 5.51 Å². The molecule has 2 aromatic carbocycles. The first-order valence-electron chi connectivity index (χ1n) is 15.1. The Morgan fingerprint density at radius 1 is 0.756 bits per heavy atom. The number of halogens is 3. The molecule has 0 unspecified atom stereocenters. The molecule has 0 amide bonds. The number of hydrogen-bond donors (Lipinski definition) is 0. The predicted molar refractivity (Wildman–Crippen MR) is 175 cm³/mol. The molecule has 5 nitrogen and oxygen atoms in total. The Morgan fingerprint density at radius 3 is 1.42 bits per heavy atom. The van der Waals surface area contributed by atoms with E-state index >= 15 is 0 Å². The van der Waals surface area contributed by atoms with Crippen molar-refractivity contribution in [3.8, 4) is 0 Å². The molecule has 2 aliphatic heterocycles. The van der Waals surface area contributed by atoms with E-state index in [0.29, 0.717) is 5.41 Å². The van der Waals surface area contributed by atoms with Gasteiger partial charge in [-0.3, -0.25) is 0 Å². The number of alkyl halides is 3. The average molecular weight is 779 g/mol. The van der Waals surface area contributed by atoms with E-state index in [4.69, 9.17) is 13.0 Å². The van der Waals surface area contributed by atoms with Gasteiger partial charge in [-0.15, -0.1) is 0 Å². The minimum atomic E-state index is -6.09. The maximum absolute atomic E-state index is 10.7. The minimum Gasteiger partial charge on any atom is -0.741 e. The van der Waals surface area contributed by atoms with Crippen molar-refractivity contribution in [2.45, 2.75) is 126 Å².